The summed E-state index contributed by atoms with van der Waals surface area (Å²) in [5.74, 6) is 5.98. The number of aliphatic hydroxyl groups excluding tert-OH is 1. The molecule has 1 saturated heterocycles. The molecule has 1 fully saturated rings. The Morgan fingerprint density at radius 3 is 3.05 bits per heavy atom. The number of benzene rings is 1. The number of nitrogens with zero attached hydrogens (tertiary/aromatic N) is 1. The number of aliphatic hydroxyl groups is 1. The molecule has 1 aromatic carbocycles. The van der Waals surface area contributed by atoms with Crippen LogP contribution >= 0.6 is 0 Å². The first-order valence-corrected chi connectivity index (χ1v) is 7.33. The Balaban J connectivity index is 2.06. The summed E-state index contributed by atoms with van der Waals surface area (Å²) < 4.78 is 13.3. The smallest absolute Gasteiger partial charge is 0.124 e. The summed E-state index contributed by atoms with van der Waals surface area (Å²) in [6, 6.07) is 4.75. The zero-order valence-electron chi connectivity index (χ0n) is 12.0. The molecule has 108 valence electrons. The Bertz CT molecular complexity index is 503. The van der Waals surface area contributed by atoms with E-state index in [0.29, 0.717) is 5.56 Å². The second kappa shape index (κ2) is 7.42. The lowest BCUT2D eigenvalue weighted by molar-refractivity contribution is 0.312. The summed E-state index contributed by atoms with van der Waals surface area (Å²) in [5.41, 5.74) is 1.74. The third-order valence-corrected chi connectivity index (χ3v) is 3.83. The number of halogens is 1. The lowest BCUT2D eigenvalue weighted by atomic mass is 10.0. The molecule has 3 heteroatoms. The van der Waals surface area contributed by atoms with E-state index in [1.165, 1.54) is 31.4 Å². The van der Waals surface area contributed by atoms with Crippen molar-refractivity contribution >= 4 is 0 Å². The average Bonchev–Trinajstić information content (AvgIpc) is 2.87. The maximum atomic E-state index is 13.3. The van der Waals surface area contributed by atoms with E-state index in [2.05, 4.69) is 23.7 Å². The Hall–Kier alpha value is -1.37. The molecule has 1 heterocycles. The molecule has 1 atom stereocenters. The SMILES string of the molecule is CCCC1CCN(Cc2ccc(F)cc2C#CCO)C1. The summed E-state index contributed by atoms with van der Waals surface area (Å²) in [7, 11) is 0. The summed E-state index contributed by atoms with van der Waals surface area (Å²) in [6.07, 6.45) is 3.78. The second-order valence-corrected chi connectivity index (χ2v) is 5.44. The van der Waals surface area contributed by atoms with Crippen molar-refractivity contribution in [2.45, 2.75) is 32.7 Å². The van der Waals surface area contributed by atoms with Crippen molar-refractivity contribution in [3.05, 3.63) is 35.1 Å². The standard InChI is InChI=1S/C17H22FNO/c1-2-4-14-8-9-19(12-14)13-16-6-7-17(18)11-15(16)5-3-10-20/h6-7,11,14,20H,2,4,8-10,12-13H2,1H3. The summed E-state index contributed by atoms with van der Waals surface area (Å²) in [5, 5.41) is 8.79. The Kier molecular flexibility index (Phi) is 5.58. The number of hydrogen-bond acceptors (Lipinski definition) is 2. The Morgan fingerprint density at radius 2 is 2.30 bits per heavy atom. The van der Waals surface area contributed by atoms with Crippen LogP contribution in [0.25, 0.3) is 0 Å². The molecule has 0 spiro atoms. The van der Waals surface area contributed by atoms with Crippen LogP contribution in [0.1, 0.15) is 37.3 Å². The molecule has 2 rings (SSSR count). The fourth-order valence-corrected chi connectivity index (χ4v) is 2.88. The van der Waals surface area contributed by atoms with Gasteiger partial charge >= 0.3 is 0 Å². The van der Waals surface area contributed by atoms with Crippen molar-refractivity contribution in [3.63, 3.8) is 0 Å². The number of rotatable bonds is 4. The van der Waals surface area contributed by atoms with E-state index in [0.717, 1.165) is 31.1 Å². The molecule has 1 N–H and O–H groups in total. The van der Waals surface area contributed by atoms with Gasteiger partial charge in [-0.15, -0.1) is 0 Å². The minimum absolute atomic E-state index is 0.196. The van der Waals surface area contributed by atoms with Gasteiger partial charge in [0.2, 0.25) is 0 Å². The largest absolute Gasteiger partial charge is 0.384 e. The van der Waals surface area contributed by atoms with Crippen molar-refractivity contribution in [1.29, 1.82) is 0 Å². The second-order valence-electron chi connectivity index (χ2n) is 5.44. The van der Waals surface area contributed by atoms with Crippen molar-refractivity contribution in [3.8, 4) is 11.8 Å². The van der Waals surface area contributed by atoms with Gasteiger partial charge in [-0.2, -0.15) is 0 Å². The highest BCUT2D eigenvalue weighted by molar-refractivity contribution is 5.41. The lowest BCUT2D eigenvalue weighted by Crippen LogP contribution is -2.20. The van der Waals surface area contributed by atoms with Crippen LogP contribution in [-0.2, 0) is 6.54 Å². The predicted molar refractivity (Wildman–Crippen MR) is 78.7 cm³/mol. The summed E-state index contributed by atoms with van der Waals surface area (Å²) in [6.45, 7) is 5.08. The number of hydrogen-bond donors (Lipinski definition) is 1. The fraction of sp³-hybridized carbons (Fsp3) is 0.529. The highest BCUT2D eigenvalue weighted by Crippen LogP contribution is 2.23. The van der Waals surface area contributed by atoms with Crippen LogP contribution in [0.4, 0.5) is 4.39 Å². The van der Waals surface area contributed by atoms with Gasteiger partial charge in [-0.25, -0.2) is 4.39 Å². The molecule has 0 amide bonds. The van der Waals surface area contributed by atoms with Crippen molar-refractivity contribution in [2.75, 3.05) is 19.7 Å². The van der Waals surface area contributed by atoms with Crippen LogP contribution < -0.4 is 0 Å². The highest BCUT2D eigenvalue weighted by Gasteiger charge is 2.22. The molecule has 0 radical (unpaired) electrons. The zero-order chi connectivity index (χ0) is 14.4. The van der Waals surface area contributed by atoms with Gasteiger partial charge in [0.25, 0.3) is 0 Å². The van der Waals surface area contributed by atoms with E-state index < -0.39 is 0 Å². The third-order valence-electron chi connectivity index (χ3n) is 3.83. The van der Waals surface area contributed by atoms with Gasteiger partial charge < -0.3 is 5.11 Å². The fourth-order valence-electron chi connectivity index (χ4n) is 2.88. The van der Waals surface area contributed by atoms with Crippen molar-refractivity contribution in [2.24, 2.45) is 5.92 Å². The molecule has 1 aliphatic heterocycles. The molecular formula is C17H22FNO. The molecule has 0 saturated carbocycles. The molecule has 1 unspecified atom stereocenters. The van der Waals surface area contributed by atoms with Crippen LogP contribution in [0.3, 0.4) is 0 Å². The number of likely N-dealkylation sites (tertiary alicyclic amines) is 1. The molecule has 1 aromatic rings. The molecular weight excluding hydrogens is 253 g/mol. The van der Waals surface area contributed by atoms with Gasteiger partial charge in [-0.3, -0.25) is 4.90 Å². The van der Waals surface area contributed by atoms with Crippen LogP contribution in [0, 0.1) is 23.6 Å². The maximum absolute atomic E-state index is 13.3. The minimum Gasteiger partial charge on any atom is -0.384 e. The van der Waals surface area contributed by atoms with Gasteiger partial charge in [0, 0.05) is 18.7 Å². The zero-order valence-corrected chi connectivity index (χ0v) is 12.0. The first-order valence-electron chi connectivity index (χ1n) is 7.33. The molecule has 20 heavy (non-hydrogen) atoms. The normalized spacial score (nSPS) is 18.9. The monoisotopic (exact) mass is 275 g/mol. The van der Waals surface area contributed by atoms with E-state index in [9.17, 15) is 4.39 Å². The highest BCUT2D eigenvalue weighted by atomic mass is 19.1. The van der Waals surface area contributed by atoms with Crippen LogP contribution in [-0.4, -0.2) is 29.7 Å². The van der Waals surface area contributed by atoms with E-state index in [1.807, 2.05) is 6.07 Å². The topological polar surface area (TPSA) is 23.5 Å². The van der Waals surface area contributed by atoms with E-state index in [1.54, 1.807) is 0 Å². The molecule has 0 aliphatic carbocycles. The minimum atomic E-state index is -0.277. The average molecular weight is 275 g/mol. The maximum Gasteiger partial charge on any atom is 0.124 e. The van der Waals surface area contributed by atoms with Gasteiger partial charge in [0.05, 0.1) is 0 Å². The Morgan fingerprint density at radius 1 is 1.45 bits per heavy atom. The Labute approximate surface area is 120 Å². The van der Waals surface area contributed by atoms with E-state index in [4.69, 9.17) is 5.11 Å². The molecule has 0 aromatic heterocycles. The van der Waals surface area contributed by atoms with Gasteiger partial charge in [0.15, 0.2) is 0 Å². The first kappa shape index (κ1) is 15.0. The van der Waals surface area contributed by atoms with Crippen LogP contribution in [0.15, 0.2) is 18.2 Å². The van der Waals surface area contributed by atoms with Gasteiger partial charge in [-0.05, 0) is 43.0 Å². The van der Waals surface area contributed by atoms with E-state index >= 15 is 0 Å². The van der Waals surface area contributed by atoms with E-state index in [-0.39, 0.29) is 12.4 Å². The summed E-state index contributed by atoms with van der Waals surface area (Å²) >= 11 is 0. The van der Waals surface area contributed by atoms with Crippen LogP contribution in [0.5, 0.6) is 0 Å². The van der Waals surface area contributed by atoms with Gasteiger partial charge in [0.1, 0.15) is 12.4 Å². The quantitative estimate of drug-likeness (QED) is 0.854. The lowest BCUT2D eigenvalue weighted by Gasteiger charge is -2.17. The molecule has 1 aliphatic rings. The first-order chi connectivity index (χ1) is 9.72. The molecule has 0 bridgehead atoms. The summed E-state index contributed by atoms with van der Waals surface area (Å²) in [4.78, 5) is 2.41. The third kappa shape index (κ3) is 4.06. The van der Waals surface area contributed by atoms with Crippen molar-refractivity contribution < 1.29 is 9.50 Å². The van der Waals surface area contributed by atoms with Crippen molar-refractivity contribution in [1.82, 2.24) is 4.90 Å². The molecule has 2 nitrogen and oxygen atoms in total. The van der Waals surface area contributed by atoms with Crippen LogP contribution in [0.2, 0.25) is 0 Å². The predicted octanol–water partition coefficient (Wildman–Crippen LogP) is 2.79. The van der Waals surface area contributed by atoms with Gasteiger partial charge in [-0.1, -0.05) is 31.3 Å².